The quantitative estimate of drug-likeness (QED) is 0.823. The number of imidazole rings is 1. The summed E-state index contributed by atoms with van der Waals surface area (Å²) in [4.78, 5) is 18.4. The Morgan fingerprint density at radius 1 is 1.33 bits per heavy atom. The summed E-state index contributed by atoms with van der Waals surface area (Å²) in [5.74, 6) is 0.963. The van der Waals surface area contributed by atoms with E-state index >= 15 is 0 Å². The van der Waals surface area contributed by atoms with E-state index in [1.165, 1.54) is 5.56 Å². The van der Waals surface area contributed by atoms with Crippen LogP contribution in [0.25, 0.3) is 0 Å². The summed E-state index contributed by atoms with van der Waals surface area (Å²) >= 11 is 0. The predicted octanol–water partition coefficient (Wildman–Crippen LogP) is 2.26. The van der Waals surface area contributed by atoms with E-state index in [2.05, 4.69) is 27.0 Å². The number of amides is 1. The number of aromatic nitrogens is 2. The lowest BCUT2D eigenvalue weighted by Gasteiger charge is -2.21. The third kappa shape index (κ3) is 4.84. The summed E-state index contributed by atoms with van der Waals surface area (Å²) in [7, 11) is 1.82. The molecule has 1 amide bonds. The summed E-state index contributed by atoms with van der Waals surface area (Å²) in [5, 5.41) is 3.14. The van der Waals surface area contributed by atoms with Crippen molar-refractivity contribution in [1.82, 2.24) is 19.8 Å². The lowest BCUT2D eigenvalue weighted by Crippen LogP contribution is -2.41. The van der Waals surface area contributed by atoms with Gasteiger partial charge in [-0.1, -0.05) is 42.5 Å². The first-order valence-corrected chi connectivity index (χ1v) is 7.43. The van der Waals surface area contributed by atoms with Crippen LogP contribution in [-0.4, -0.2) is 40.0 Å². The maximum Gasteiger partial charge on any atom is 0.243 e. The molecule has 1 aliphatic rings. The molecule has 130 valence electrons. The molecule has 0 fully saturated rings. The van der Waals surface area contributed by atoms with Crippen LogP contribution in [0.5, 0.6) is 0 Å². The standard InChI is InChI=1S/C17H20N4O.2ClH/c1-20(17(22)15-8-5-9-18-15)13-16-19-10-11-21(16)12-14-6-3-2-4-7-14;;/h2-8,10-11,15,18H,9,12-13H2,1H3;2*1H. The van der Waals surface area contributed by atoms with Crippen LogP contribution in [-0.2, 0) is 17.9 Å². The van der Waals surface area contributed by atoms with Crippen molar-refractivity contribution in [3.8, 4) is 0 Å². The van der Waals surface area contributed by atoms with E-state index in [9.17, 15) is 4.79 Å². The molecule has 0 aliphatic carbocycles. The van der Waals surface area contributed by atoms with Crippen LogP contribution in [0.3, 0.4) is 0 Å². The highest BCUT2D eigenvalue weighted by molar-refractivity contribution is 5.85. The van der Waals surface area contributed by atoms with Crippen molar-refractivity contribution in [3.05, 3.63) is 66.3 Å². The Kier molecular flexibility index (Phi) is 7.98. The van der Waals surface area contributed by atoms with Gasteiger partial charge in [0, 0.05) is 32.5 Å². The molecule has 1 unspecified atom stereocenters. The maximum atomic E-state index is 12.3. The second-order valence-corrected chi connectivity index (χ2v) is 5.47. The van der Waals surface area contributed by atoms with Crippen LogP contribution < -0.4 is 5.32 Å². The highest BCUT2D eigenvalue weighted by Gasteiger charge is 2.22. The van der Waals surface area contributed by atoms with Gasteiger partial charge in [-0.15, -0.1) is 24.8 Å². The molecule has 5 nitrogen and oxygen atoms in total. The van der Waals surface area contributed by atoms with Gasteiger partial charge in [-0.3, -0.25) is 10.1 Å². The molecule has 0 saturated heterocycles. The first kappa shape index (κ1) is 20.2. The van der Waals surface area contributed by atoms with Gasteiger partial charge in [-0.2, -0.15) is 0 Å². The number of benzene rings is 1. The minimum absolute atomic E-state index is 0. The zero-order valence-electron chi connectivity index (χ0n) is 13.5. The third-order valence-electron chi connectivity index (χ3n) is 3.80. The second kappa shape index (κ2) is 9.47. The fourth-order valence-electron chi connectivity index (χ4n) is 2.58. The van der Waals surface area contributed by atoms with E-state index in [4.69, 9.17) is 0 Å². The molecule has 1 aromatic heterocycles. The molecule has 1 aliphatic heterocycles. The fraction of sp³-hybridized carbons (Fsp3) is 0.294. The van der Waals surface area contributed by atoms with Gasteiger partial charge in [0.2, 0.25) is 5.91 Å². The second-order valence-electron chi connectivity index (χ2n) is 5.47. The Labute approximate surface area is 154 Å². The van der Waals surface area contributed by atoms with E-state index in [0.29, 0.717) is 6.54 Å². The first-order valence-electron chi connectivity index (χ1n) is 7.43. The normalized spacial score (nSPS) is 15.5. The highest BCUT2D eigenvalue weighted by atomic mass is 35.5. The largest absolute Gasteiger partial charge is 0.337 e. The number of halogens is 2. The lowest BCUT2D eigenvalue weighted by molar-refractivity contribution is -0.131. The summed E-state index contributed by atoms with van der Waals surface area (Å²) in [5.41, 5.74) is 1.22. The van der Waals surface area contributed by atoms with Crippen molar-refractivity contribution in [3.63, 3.8) is 0 Å². The monoisotopic (exact) mass is 368 g/mol. The zero-order chi connectivity index (χ0) is 15.4. The van der Waals surface area contributed by atoms with E-state index < -0.39 is 0 Å². The first-order chi connectivity index (χ1) is 10.7. The summed E-state index contributed by atoms with van der Waals surface area (Å²) < 4.78 is 2.08. The molecular formula is C17H22Cl2N4O. The number of nitrogens with one attached hydrogen (secondary N) is 1. The van der Waals surface area contributed by atoms with Gasteiger partial charge in [0.05, 0.1) is 6.54 Å². The topological polar surface area (TPSA) is 50.2 Å². The van der Waals surface area contributed by atoms with Crippen LogP contribution in [0.15, 0.2) is 54.9 Å². The summed E-state index contributed by atoms with van der Waals surface area (Å²) in [6, 6.07) is 10.0. The number of carbonyl (C=O) groups is 1. The van der Waals surface area contributed by atoms with Gasteiger partial charge in [0.25, 0.3) is 0 Å². The number of hydrogen-bond donors (Lipinski definition) is 1. The molecule has 0 spiro atoms. The Hall–Kier alpha value is -1.82. The van der Waals surface area contributed by atoms with Crippen LogP contribution in [0.1, 0.15) is 11.4 Å². The van der Waals surface area contributed by atoms with Crippen LogP contribution in [0.2, 0.25) is 0 Å². The number of rotatable bonds is 5. The molecule has 0 saturated carbocycles. The molecule has 7 heteroatoms. The minimum Gasteiger partial charge on any atom is -0.337 e. The van der Waals surface area contributed by atoms with Crippen LogP contribution in [0.4, 0.5) is 0 Å². The van der Waals surface area contributed by atoms with Crippen molar-refractivity contribution in [2.24, 2.45) is 0 Å². The molecule has 2 heterocycles. The molecule has 1 aromatic carbocycles. The average Bonchev–Trinajstić information content (AvgIpc) is 3.20. The minimum atomic E-state index is -0.206. The Bertz CT molecular complexity index is 672. The van der Waals surface area contributed by atoms with E-state index in [0.717, 1.165) is 18.9 Å². The summed E-state index contributed by atoms with van der Waals surface area (Å²) in [6.07, 6.45) is 7.63. The maximum absolute atomic E-state index is 12.3. The van der Waals surface area contributed by atoms with Crippen molar-refractivity contribution >= 4 is 30.7 Å². The van der Waals surface area contributed by atoms with Gasteiger partial charge in [0.1, 0.15) is 11.9 Å². The van der Waals surface area contributed by atoms with E-state index in [1.54, 1.807) is 11.1 Å². The van der Waals surface area contributed by atoms with Crippen molar-refractivity contribution in [2.75, 3.05) is 13.6 Å². The van der Waals surface area contributed by atoms with Crippen molar-refractivity contribution in [2.45, 2.75) is 19.1 Å². The van der Waals surface area contributed by atoms with Crippen molar-refractivity contribution in [1.29, 1.82) is 0 Å². The third-order valence-corrected chi connectivity index (χ3v) is 3.80. The van der Waals surface area contributed by atoms with Crippen molar-refractivity contribution < 1.29 is 4.79 Å². The number of likely N-dealkylation sites (N-methyl/N-ethyl adjacent to an activating group) is 1. The SMILES string of the molecule is CN(Cc1nccn1Cc1ccccc1)C(=O)C1C=CCN1.Cl.Cl. The average molecular weight is 369 g/mol. The predicted molar refractivity (Wildman–Crippen MR) is 99.7 cm³/mol. The smallest absolute Gasteiger partial charge is 0.243 e. The van der Waals surface area contributed by atoms with Crippen LogP contribution >= 0.6 is 24.8 Å². The highest BCUT2D eigenvalue weighted by Crippen LogP contribution is 2.09. The molecule has 0 bridgehead atoms. The van der Waals surface area contributed by atoms with Gasteiger partial charge >= 0.3 is 0 Å². The Morgan fingerprint density at radius 3 is 2.75 bits per heavy atom. The number of hydrogen-bond acceptors (Lipinski definition) is 3. The van der Waals surface area contributed by atoms with E-state index in [-0.39, 0.29) is 36.8 Å². The zero-order valence-corrected chi connectivity index (χ0v) is 15.1. The molecule has 24 heavy (non-hydrogen) atoms. The number of carbonyl (C=O) groups excluding carboxylic acids is 1. The Morgan fingerprint density at radius 2 is 2.08 bits per heavy atom. The fourth-order valence-corrected chi connectivity index (χ4v) is 2.58. The molecule has 3 rings (SSSR count). The van der Waals surface area contributed by atoms with E-state index in [1.807, 2.05) is 43.6 Å². The molecule has 0 radical (unpaired) electrons. The summed E-state index contributed by atoms with van der Waals surface area (Å²) in [6.45, 7) is 2.03. The van der Waals surface area contributed by atoms with Gasteiger partial charge in [0.15, 0.2) is 0 Å². The molecule has 1 N–H and O–H groups in total. The number of nitrogens with zero attached hydrogens (tertiary/aromatic N) is 3. The van der Waals surface area contributed by atoms with Crippen LogP contribution in [0, 0.1) is 0 Å². The van der Waals surface area contributed by atoms with Gasteiger partial charge in [-0.05, 0) is 5.56 Å². The Balaban J connectivity index is 0.00000144. The van der Waals surface area contributed by atoms with Gasteiger partial charge in [-0.25, -0.2) is 4.98 Å². The molecule has 2 aromatic rings. The lowest BCUT2D eigenvalue weighted by atomic mass is 10.2. The van der Waals surface area contributed by atoms with Gasteiger partial charge < -0.3 is 9.47 Å². The molecule has 1 atom stereocenters. The molecular weight excluding hydrogens is 347 g/mol.